The maximum absolute atomic E-state index is 10.6. The maximum atomic E-state index is 10.6. The molecule has 0 radical (unpaired) electrons. The highest BCUT2D eigenvalue weighted by Gasteiger charge is 2.32. The Morgan fingerprint density at radius 1 is 1.21 bits per heavy atom. The Morgan fingerprint density at radius 2 is 1.93 bits per heavy atom. The molecule has 0 aliphatic carbocycles. The number of halogens is 1. The Hall–Kier alpha value is -0.510. The lowest BCUT2D eigenvalue weighted by atomic mass is 10.0. The molecule has 158 valence electrons. The smallest absolute Gasteiger partial charge is 0.194 e. The van der Waals surface area contributed by atoms with Crippen LogP contribution in [0.1, 0.15) is 38.3 Å². The van der Waals surface area contributed by atoms with Gasteiger partial charge >= 0.3 is 0 Å². The van der Waals surface area contributed by atoms with Crippen molar-refractivity contribution in [1.82, 2.24) is 15.1 Å². The van der Waals surface area contributed by atoms with Crippen molar-refractivity contribution in [3.63, 3.8) is 0 Å². The molecule has 7 heteroatoms. The van der Waals surface area contributed by atoms with Gasteiger partial charge in [-0.25, -0.2) is 0 Å². The van der Waals surface area contributed by atoms with Crippen LogP contribution in [0.25, 0.3) is 0 Å². The minimum absolute atomic E-state index is 0. The van der Waals surface area contributed by atoms with Crippen LogP contribution >= 0.6 is 35.7 Å². The minimum atomic E-state index is -0.617. The number of hydrogen-bond donors (Lipinski definition) is 2. The Labute approximate surface area is 191 Å². The Balaban J connectivity index is 0.00000280. The molecule has 2 atom stereocenters. The first kappa shape index (κ1) is 23.8. The van der Waals surface area contributed by atoms with Crippen LogP contribution in [0.4, 0.5) is 0 Å². The SMILES string of the molecule is CCNC(=NCC1(O)CCSC1)N1CCN(C(CC)c2ccccc2)CC1.I. The second kappa shape index (κ2) is 11.6. The average molecular weight is 519 g/mol. The predicted octanol–water partition coefficient (Wildman–Crippen LogP) is 3.21. The number of hydrogen-bond acceptors (Lipinski definition) is 4. The first-order chi connectivity index (χ1) is 13.1. The largest absolute Gasteiger partial charge is 0.387 e. The van der Waals surface area contributed by atoms with E-state index in [1.807, 2.05) is 11.8 Å². The molecule has 0 spiro atoms. The van der Waals surface area contributed by atoms with E-state index in [9.17, 15) is 5.11 Å². The summed E-state index contributed by atoms with van der Waals surface area (Å²) in [6.07, 6.45) is 1.98. The fourth-order valence-corrected chi connectivity index (χ4v) is 5.28. The number of aliphatic hydroxyl groups is 1. The standard InChI is InChI=1S/C21H34N4OS.HI/c1-3-19(18-8-6-5-7-9-18)24-11-13-25(14-12-24)20(22-4-2)23-16-21(26)10-15-27-17-21;/h5-9,19,26H,3-4,10-17H2,1-2H3,(H,22,23);1H. The lowest BCUT2D eigenvalue weighted by molar-refractivity contribution is 0.0770. The van der Waals surface area contributed by atoms with Crippen LogP contribution in [-0.2, 0) is 0 Å². The molecule has 2 heterocycles. The quantitative estimate of drug-likeness (QED) is 0.344. The van der Waals surface area contributed by atoms with Crippen LogP contribution in [0, 0.1) is 0 Å². The van der Waals surface area contributed by atoms with Gasteiger partial charge in [-0.05, 0) is 31.1 Å². The van der Waals surface area contributed by atoms with Gasteiger partial charge in [-0.3, -0.25) is 9.89 Å². The summed E-state index contributed by atoms with van der Waals surface area (Å²) in [4.78, 5) is 9.73. The molecule has 28 heavy (non-hydrogen) atoms. The highest BCUT2D eigenvalue weighted by molar-refractivity contribution is 14.0. The maximum Gasteiger partial charge on any atom is 0.194 e. The van der Waals surface area contributed by atoms with Crippen LogP contribution in [0.3, 0.4) is 0 Å². The van der Waals surface area contributed by atoms with E-state index in [1.165, 1.54) is 5.56 Å². The molecule has 0 saturated carbocycles. The third-order valence-corrected chi connectivity index (χ3v) is 6.80. The summed E-state index contributed by atoms with van der Waals surface area (Å²) < 4.78 is 0. The summed E-state index contributed by atoms with van der Waals surface area (Å²) in [5, 5.41) is 14.0. The van der Waals surface area contributed by atoms with Crippen molar-refractivity contribution in [2.45, 2.75) is 38.3 Å². The number of guanidine groups is 1. The molecule has 2 aliphatic rings. The highest BCUT2D eigenvalue weighted by Crippen LogP contribution is 2.28. The number of nitrogens with one attached hydrogen (secondary N) is 1. The number of aliphatic imine (C=N–C) groups is 1. The lowest BCUT2D eigenvalue weighted by Crippen LogP contribution is -2.53. The predicted molar refractivity (Wildman–Crippen MR) is 131 cm³/mol. The zero-order chi connectivity index (χ0) is 19.1. The second-order valence-electron chi connectivity index (χ2n) is 7.55. The summed E-state index contributed by atoms with van der Waals surface area (Å²) in [5.74, 6) is 2.80. The number of rotatable bonds is 6. The molecule has 2 N–H and O–H groups in total. The fourth-order valence-electron chi connectivity index (χ4n) is 3.99. The summed E-state index contributed by atoms with van der Waals surface area (Å²) >= 11 is 1.83. The Kier molecular flexibility index (Phi) is 9.86. The molecule has 3 rings (SSSR count). The third kappa shape index (κ3) is 6.24. The molecule has 0 bridgehead atoms. The van der Waals surface area contributed by atoms with E-state index in [-0.39, 0.29) is 24.0 Å². The van der Waals surface area contributed by atoms with Crippen molar-refractivity contribution in [3.05, 3.63) is 35.9 Å². The molecule has 1 aromatic carbocycles. The van der Waals surface area contributed by atoms with Crippen LogP contribution in [0.5, 0.6) is 0 Å². The fraction of sp³-hybridized carbons (Fsp3) is 0.667. The van der Waals surface area contributed by atoms with Gasteiger partial charge in [0.25, 0.3) is 0 Å². The van der Waals surface area contributed by atoms with Gasteiger partial charge in [-0.15, -0.1) is 24.0 Å². The molecule has 5 nitrogen and oxygen atoms in total. The van der Waals surface area contributed by atoms with Crippen LogP contribution < -0.4 is 5.32 Å². The molecule has 2 saturated heterocycles. The van der Waals surface area contributed by atoms with Crippen molar-refractivity contribution in [1.29, 1.82) is 0 Å². The molecular weight excluding hydrogens is 483 g/mol. The van der Waals surface area contributed by atoms with Crippen LogP contribution in [-0.4, -0.2) is 77.2 Å². The summed E-state index contributed by atoms with van der Waals surface area (Å²) in [6.45, 7) is 9.77. The monoisotopic (exact) mass is 518 g/mol. The lowest BCUT2D eigenvalue weighted by Gasteiger charge is -2.40. The van der Waals surface area contributed by atoms with Gasteiger partial charge in [-0.2, -0.15) is 11.8 Å². The van der Waals surface area contributed by atoms with Gasteiger partial charge in [0, 0.05) is 44.5 Å². The average Bonchev–Trinajstić information content (AvgIpc) is 3.14. The first-order valence-corrected chi connectivity index (χ1v) is 11.4. The van der Waals surface area contributed by atoms with Crippen molar-refractivity contribution in [2.75, 3.05) is 50.8 Å². The van der Waals surface area contributed by atoms with Gasteiger partial charge in [0.15, 0.2) is 5.96 Å². The van der Waals surface area contributed by atoms with Crippen LogP contribution in [0.15, 0.2) is 35.3 Å². The van der Waals surface area contributed by atoms with E-state index in [0.29, 0.717) is 12.6 Å². The van der Waals surface area contributed by atoms with Crippen molar-refractivity contribution < 1.29 is 5.11 Å². The Morgan fingerprint density at radius 3 is 2.50 bits per heavy atom. The van der Waals surface area contributed by atoms with Gasteiger partial charge in [0.1, 0.15) is 0 Å². The van der Waals surface area contributed by atoms with Crippen molar-refractivity contribution >= 4 is 41.7 Å². The number of benzene rings is 1. The molecule has 2 unspecified atom stereocenters. The highest BCUT2D eigenvalue weighted by atomic mass is 127. The normalized spacial score (nSPS) is 24.7. The van der Waals surface area contributed by atoms with E-state index >= 15 is 0 Å². The number of piperazine rings is 1. The zero-order valence-electron chi connectivity index (χ0n) is 17.1. The Bertz CT molecular complexity index is 602. The van der Waals surface area contributed by atoms with E-state index in [2.05, 4.69) is 59.3 Å². The zero-order valence-corrected chi connectivity index (χ0v) is 20.3. The van der Waals surface area contributed by atoms with Gasteiger partial charge in [0.2, 0.25) is 0 Å². The summed E-state index contributed by atoms with van der Waals surface area (Å²) in [7, 11) is 0. The molecule has 1 aromatic rings. The topological polar surface area (TPSA) is 51.1 Å². The van der Waals surface area contributed by atoms with E-state index in [4.69, 9.17) is 4.99 Å². The van der Waals surface area contributed by atoms with Crippen LogP contribution in [0.2, 0.25) is 0 Å². The third-order valence-electron chi connectivity index (χ3n) is 5.57. The van der Waals surface area contributed by atoms with Gasteiger partial charge in [-0.1, -0.05) is 37.3 Å². The van der Waals surface area contributed by atoms with Crippen molar-refractivity contribution in [3.8, 4) is 0 Å². The molecule has 2 aliphatic heterocycles. The summed E-state index contributed by atoms with van der Waals surface area (Å²) in [6, 6.07) is 11.3. The molecule has 0 aromatic heterocycles. The van der Waals surface area contributed by atoms with Crippen molar-refractivity contribution in [2.24, 2.45) is 4.99 Å². The minimum Gasteiger partial charge on any atom is -0.387 e. The van der Waals surface area contributed by atoms with Gasteiger partial charge in [0.05, 0.1) is 12.1 Å². The van der Waals surface area contributed by atoms with Gasteiger partial charge < -0.3 is 15.3 Å². The molecule has 0 amide bonds. The molecule has 2 fully saturated rings. The molecular formula is C21H35IN4OS. The van der Waals surface area contributed by atoms with E-state index in [0.717, 1.165) is 63.0 Å². The number of nitrogens with zero attached hydrogens (tertiary/aromatic N) is 3. The first-order valence-electron chi connectivity index (χ1n) is 10.3. The van der Waals surface area contributed by atoms with E-state index < -0.39 is 5.60 Å². The second-order valence-corrected chi connectivity index (χ2v) is 8.66. The number of thioether (sulfide) groups is 1. The van der Waals surface area contributed by atoms with E-state index in [1.54, 1.807) is 0 Å². The summed E-state index contributed by atoms with van der Waals surface area (Å²) in [5.41, 5.74) is 0.795.